The molecule has 3 N–H and O–H groups in total. The Bertz CT molecular complexity index is 676. The van der Waals surface area contributed by atoms with Crippen LogP contribution in [-0.4, -0.2) is 14.9 Å². The Hall–Kier alpha value is -1.83. The summed E-state index contributed by atoms with van der Waals surface area (Å²) >= 11 is 4.74. The predicted molar refractivity (Wildman–Crippen MR) is 80.0 cm³/mol. The molecule has 0 fully saturated rings. The molecule has 0 bridgehead atoms. The van der Waals surface area contributed by atoms with Gasteiger partial charge in [-0.25, -0.2) is 0 Å². The van der Waals surface area contributed by atoms with E-state index in [9.17, 15) is 13.2 Å². The predicted octanol–water partition coefficient (Wildman–Crippen LogP) is 3.37. The van der Waals surface area contributed by atoms with Gasteiger partial charge in [0.25, 0.3) is 0 Å². The fraction of sp³-hybridized carbons (Fsp3) is 0.385. The lowest BCUT2D eigenvalue weighted by Crippen LogP contribution is -2.19. The number of hydrogen-bond acceptors (Lipinski definition) is 2. The Morgan fingerprint density at radius 3 is 2.62 bits per heavy atom. The number of hydrogen-bond donors (Lipinski definition) is 2. The maximum Gasteiger partial charge on any atom is 0.416 e. The first-order chi connectivity index (χ1) is 9.68. The van der Waals surface area contributed by atoms with Gasteiger partial charge in [0.2, 0.25) is 0 Å². The second kappa shape index (κ2) is 5.51. The molecule has 0 radical (unpaired) electrons. The van der Waals surface area contributed by atoms with Crippen molar-refractivity contribution in [2.75, 3.05) is 5.32 Å². The van der Waals surface area contributed by atoms with Crippen molar-refractivity contribution in [3.05, 3.63) is 23.8 Å². The van der Waals surface area contributed by atoms with Gasteiger partial charge in [0.05, 0.1) is 11.1 Å². The van der Waals surface area contributed by atoms with Crippen molar-refractivity contribution in [1.82, 2.24) is 9.78 Å². The molecule has 1 aromatic carbocycles. The maximum absolute atomic E-state index is 12.8. The molecule has 2 aromatic rings. The standard InChI is InChI=1S/C13H15F3N4S/c1-7(2)6-20-10-4-3-8(13(14,15)16)5-9(10)11(19-20)18-12(17)21/h3-5,7H,6H2,1-2H3,(H3,17,18,19,21). The summed E-state index contributed by atoms with van der Waals surface area (Å²) in [7, 11) is 0. The number of nitrogens with one attached hydrogen (secondary N) is 1. The summed E-state index contributed by atoms with van der Waals surface area (Å²) in [5.41, 5.74) is 5.27. The minimum atomic E-state index is -4.41. The summed E-state index contributed by atoms with van der Waals surface area (Å²) in [6, 6.07) is 3.52. The van der Waals surface area contributed by atoms with Crippen LogP contribution in [0, 0.1) is 5.92 Å². The van der Waals surface area contributed by atoms with Crippen LogP contribution in [0.3, 0.4) is 0 Å². The summed E-state index contributed by atoms with van der Waals surface area (Å²) in [5.74, 6) is 0.539. The van der Waals surface area contributed by atoms with Crippen molar-refractivity contribution >= 4 is 34.1 Å². The molecule has 8 heteroatoms. The molecule has 21 heavy (non-hydrogen) atoms. The quantitative estimate of drug-likeness (QED) is 0.853. The van der Waals surface area contributed by atoms with Gasteiger partial charge < -0.3 is 11.1 Å². The fourth-order valence-electron chi connectivity index (χ4n) is 2.05. The van der Waals surface area contributed by atoms with E-state index in [4.69, 9.17) is 18.0 Å². The lowest BCUT2D eigenvalue weighted by atomic mass is 10.1. The topological polar surface area (TPSA) is 55.9 Å². The summed E-state index contributed by atoms with van der Waals surface area (Å²) in [6.45, 7) is 4.58. The highest BCUT2D eigenvalue weighted by molar-refractivity contribution is 7.80. The molecule has 0 aliphatic heterocycles. The van der Waals surface area contributed by atoms with E-state index in [1.165, 1.54) is 6.07 Å². The van der Waals surface area contributed by atoms with Gasteiger partial charge in [0, 0.05) is 11.9 Å². The monoisotopic (exact) mass is 316 g/mol. The smallest absolute Gasteiger partial charge is 0.376 e. The van der Waals surface area contributed by atoms with Crippen LogP contribution in [0.4, 0.5) is 19.0 Å². The zero-order valence-electron chi connectivity index (χ0n) is 11.5. The second-order valence-electron chi connectivity index (χ2n) is 5.14. The number of rotatable bonds is 3. The van der Waals surface area contributed by atoms with Gasteiger partial charge in [-0.05, 0) is 36.3 Å². The normalized spacial score (nSPS) is 12.1. The summed E-state index contributed by atoms with van der Waals surface area (Å²) in [5, 5.41) is 7.20. The van der Waals surface area contributed by atoms with E-state index in [0.29, 0.717) is 23.4 Å². The summed E-state index contributed by atoms with van der Waals surface area (Å²) in [6.07, 6.45) is -4.41. The van der Waals surface area contributed by atoms with Crippen molar-refractivity contribution < 1.29 is 13.2 Å². The molecule has 0 saturated carbocycles. The summed E-state index contributed by atoms with van der Waals surface area (Å²) in [4.78, 5) is 0. The Morgan fingerprint density at radius 1 is 1.43 bits per heavy atom. The molecular formula is C13H15F3N4S. The first-order valence-corrected chi connectivity index (χ1v) is 6.73. The molecule has 0 atom stereocenters. The molecular weight excluding hydrogens is 301 g/mol. The number of aromatic nitrogens is 2. The van der Waals surface area contributed by atoms with Gasteiger partial charge in [0.1, 0.15) is 0 Å². The van der Waals surface area contributed by atoms with Gasteiger partial charge >= 0.3 is 6.18 Å². The lowest BCUT2D eigenvalue weighted by Gasteiger charge is -2.08. The minimum absolute atomic E-state index is 0.0384. The molecule has 2 rings (SSSR count). The van der Waals surface area contributed by atoms with Gasteiger partial charge in [-0.15, -0.1) is 0 Å². The van der Waals surface area contributed by atoms with E-state index in [1.54, 1.807) is 4.68 Å². The van der Waals surface area contributed by atoms with Gasteiger partial charge in [-0.1, -0.05) is 13.8 Å². The van der Waals surface area contributed by atoms with Crippen molar-refractivity contribution in [3.63, 3.8) is 0 Å². The number of nitrogens with zero attached hydrogens (tertiary/aromatic N) is 2. The highest BCUT2D eigenvalue weighted by Crippen LogP contribution is 2.33. The van der Waals surface area contributed by atoms with Crippen LogP contribution < -0.4 is 11.1 Å². The van der Waals surface area contributed by atoms with Gasteiger partial charge in [-0.2, -0.15) is 18.3 Å². The Balaban J connectivity index is 2.60. The third kappa shape index (κ3) is 3.44. The highest BCUT2D eigenvalue weighted by atomic mass is 32.1. The van der Waals surface area contributed by atoms with E-state index in [2.05, 4.69) is 10.4 Å². The molecule has 114 valence electrons. The van der Waals surface area contributed by atoms with Crippen LogP contribution in [0.1, 0.15) is 19.4 Å². The number of nitrogens with two attached hydrogens (primary N) is 1. The Labute approximate surface area is 125 Å². The summed E-state index contributed by atoms with van der Waals surface area (Å²) < 4.78 is 40.1. The number of alkyl halides is 3. The molecule has 1 aromatic heterocycles. The molecule has 0 aliphatic carbocycles. The SMILES string of the molecule is CC(C)Cn1nc(NC(N)=S)c2cc(C(F)(F)F)ccc21. The van der Waals surface area contributed by atoms with Crippen molar-refractivity contribution in [2.45, 2.75) is 26.6 Å². The van der Waals surface area contributed by atoms with E-state index in [0.717, 1.165) is 12.1 Å². The van der Waals surface area contributed by atoms with Crippen LogP contribution in [0.2, 0.25) is 0 Å². The molecule has 1 heterocycles. The fourth-order valence-corrected chi connectivity index (χ4v) is 2.15. The molecule has 0 amide bonds. The molecule has 0 aliphatic rings. The molecule has 0 unspecified atom stereocenters. The highest BCUT2D eigenvalue weighted by Gasteiger charge is 2.31. The molecule has 4 nitrogen and oxygen atoms in total. The van der Waals surface area contributed by atoms with Crippen LogP contribution in [0.5, 0.6) is 0 Å². The maximum atomic E-state index is 12.8. The number of halogens is 3. The van der Waals surface area contributed by atoms with Crippen molar-refractivity contribution in [1.29, 1.82) is 0 Å². The zero-order chi connectivity index (χ0) is 15.8. The average molecular weight is 316 g/mol. The number of fused-ring (bicyclic) bond motifs is 1. The Kier molecular flexibility index (Phi) is 4.08. The number of thiocarbonyl (C=S) groups is 1. The van der Waals surface area contributed by atoms with Gasteiger partial charge in [0.15, 0.2) is 10.9 Å². The van der Waals surface area contributed by atoms with E-state index in [-0.39, 0.29) is 10.9 Å². The average Bonchev–Trinajstić information content (AvgIpc) is 2.64. The second-order valence-corrected chi connectivity index (χ2v) is 5.58. The first kappa shape index (κ1) is 15.6. The number of benzene rings is 1. The van der Waals surface area contributed by atoms with Crippen molar-refractivity contribution in [2.24, 2.45) is 11.7 Å². The Morgan fingerprint density at radius 2 is 2.10 bits per heavy atom. The van der Waals surface area contributed by atoms with Crippen LogP contribution >= 0.6 is 12.2 Å². The molecule has 0 spiro atoms. The lowest BCUT2D eigenvalue weighted by molar-refractivity contribution is -0.137. The first-order valence-electron chi connectivity index (χ1n) is 6.32. The van der Waals surface area contributed by atoms with E-state index >= 15 is 0 Å². The third-order valence-corrected chi connectivity index (χ3v) is 2.96. The third-order valence-electron chi connectivity index (χ3n) is 2.86. The zero-order valence-corrected chi connectivity index (χ0v) is 12.3. The number of anilines is 1. The molecule has 0 saturated heterocycles. The minimum Gasteiger partial charge on any atom is -0.376 e. The van der Waals surface area contributed by atoms with E-state index in [1.807, 2.05) is 13.8 Å². The van der Waals surface area contributed by atoms with E-state index < -0.39 is 11.7 Å². The van der Waals surface area contributed by atoms with Crippen LogP contribution in [-0.2, 0) is 12.7 Å². The van der Waals surface area contributed by atoms with Crippen LogP contribution in [0.25, 0.3) is 10.9 Å². The largest absolute Gasteiger partial charge is 0.416 e. The van der Waals surface area contributed by atoms with Gasteiger partial charge in [-0.3, -0.25) is 4.68 Å². The van der Waals surface area contributed by atoms with Crippen LogP contribution in [0.15, 0.2) is 18.2 Å². The van der Waals surface area contributed by atoms with Crippen molar-refractivity contribution in [3.8, 4) is 0 Å².